The third-order valence-corrected chi connectivity index (χ3v) is 9.67. The Balaban J connectivity index is 2.79. The maximum absolute atomic E-state index is 10.3. The van der Waals surface area contributed by atoms with Gasteiger partial charge in [-0.05, 0) is 38.4 Å². The molecule has 23 heavy (non-hydrogen) atoms. The SMILES string of the molecule is C=CC[C@H](O)[C@H](C)[C@H]1OC(C)(C)O[C@H]1CO[Si](C)(C)C(C)(C)C. The zero-order valence-corrected chi connectivity index (χ0v) is 17.2. The number of hydrogen-bond donors (Lipinski definition) is 1. The van der Waals surface area contributed by atoms with Crippen molar-refractivity contribution in [3.05, 3.63) is 12.7 Å². The van der Waals surface area contributed by atoms with Crippen molar-refractivity contribution in [1.82, 2.24) is 0 Å². The van der Waals surface area contributed by atoms with Crippen LogP contribution in [0.4, 0.5) is 0 Å². The standard InChI is InChI=1S/C18H36O4Si/c1-10-11-14(19)13(2)16-15(21-18(6,7)22-16)12-20-23(8,9)17(3,4)5/h10,13-16,19H,1,11-12H2,2-9H3/t13-,14-,15-,16+/m0/s1. The Morgan fingerprint density at radius 1 is 1.30 bits per heavy atom. The normalized spacial score (nSPS) is 27.7. The van der Waals surface area contributed by atoms with E-state index in [2.05, 4.69) is 40.4 Å². The molecule has 1 rings (SSSR count). The molecule has 0 bridgehead atoms. The molecule has 1 aliphatic rings. The molecular formula is C18H36O4Si. The lowest BCUT2D eigenvalue weighted by molar-refractivity contribution is -0.154. The van der Waals surface area contributed by atoms with E-state index in [4.69, 9.17) is 13.9 Å². The summed E-state index contributed by atoms with van der Waals surface area (Å²) >= 11 is 0. The Bertz CT molecular complexity index is 400. The van der Waals surface area contributed by atoms with Crippen LogP contribution < -0.4 is 0 Å². The minimum absolute atomic E-state index is 0.0391. The molecule has 0 aromatic carbocycles. The van der Waals surface area contributed by atoms with Gasteiger partial charge in [0.15, 0.2) is 14.1 Å². The number of aliphatic hydroxyl groups excluding tert-OH is 1. The van der Waals surface area contributed by atoms with Crippen molar-refractivity contribution in [2.45, 2.75) is 90.2 Å². The number of rotatable bonds is 7. The third-order valence-electron chi connectivity index (χ3n) is 5.17. The van der Waals surface area contributed by atoms with Crippen molar-refractivity contribution in [3.63, 3.8) is 0 Å². The quantitative estimate of drug-likeness (QED) is 0.558. The zero-order valence-electron chi connectivity index (χ0n) is 16.2. The predicted octanol–water partition coefficient (Wildman–Crippen LogP) is 4.10. The van der Waals surface area contributed by atoms with E-state index in [9.17, 15) is 5.11 Å². The molecule has 0 amide bonds. The van der Waals surface area contributed by atoms with Gasteiger partial charge in [-0.1, -0.05) is 33.8 Å². The molecule has 0 aliphatic carbocycles. The van der Waals surface area contributed by atoms with Crippen LogP contribution in [0.2, 0.25) is 18.1 Å². The van der Waals surface area contributed by atoms with Gasteiger partial charge < -0.3 is 19.0 Å². The fraction of sp³-hybridized carbons (Fsp3) is 0.889. The summed E-state index contributed by atoms with van der Waals surface area (Å²) in [6.07, 6.45) is 1.48. The minimum atomic E-state index is -1.84. The van der Waals surface area contributed by atoms with Crippen LogP contribution in [-0.4, -0.2) is 44.1 Å². The molecule has 0 saturated carbocycles. The lowest BCUT2D eigenvalue weighted by Gasteiger charge is -2.37. The van der Waals surface area contributed by atoms with E-state index >= 15 is 0 Å². The van der Waals surface area contributed by atoms with Crippen LogP contribution in [0.5, 0.6) is 0 Å². The summed E-state index contributed by atoms with van der Waals surface area (Å²) in [5.74, 6) is -0.684. The molecule has 0 radical (unpaired) electrons. The van der Waals surface area contributed by atoms with Gasteiger partial charge >= 0.3 is 0 Å². The monoisotopic (exact) mass is 344 g/mol. The molecule has 0 aromatic rings. The van der Waals surface area contributed by atoms with Gasteiger partial charge in [-0.3, -0.25) is 0 Å². The zero-order chi connectivity index (χ0) is 18.1. The van der Waals surface area contributed by atoms with Crippen LogP contribution in [-0.2, 0) is 13.9 Å². The molecule has 1 fully saturated rings. The molecule has 4 nitrogen and oxygen atoms in total. The molecular weight excluding hydrogens is 308 g/mol. The summed E-state index contributed by atoms with van der Waals surface area (Å²) in [6, 6.07) is 0. The molecule has 136 valence electrons. The second-order valence-electron chi connectivity index (χ2n) is 8.66. The lowest BCUT2D eigenvalue weighted by atomic mass is 9.92. The average Bonchev–Trinajstić information content (AvgIpc) is 2.70. The summed E-state index contributed by atoms with van der Waals surface area (Å²) in [5.41, 5.74) is 0. The van der Waals surface area contributed by atoms with Gasteiger partial charge in [0, 0.05) is 5.92 Å². The fourth-order valence-corrected chi connectivity index (χ4v) is 3.56. The molecule has 4 atom stereocenters. The van der Waals surface area contributed by atoms with E-state index in [1.165, 1.54) is 0 Å². The number of aliphatic hydroxyl groups is 1. The van der Waals surface area contributed by atoms with Crippen LogP contribution >= 0.6 is 0 Å². The van der Waals surface area contributed by atoms with Crippen molar-refractivity contribution in [2.24, 2.45) is 5.92 Å². The Hall–Kier alpha value is -0.203. The van der Waals surface area contributed by atoms with Crippen LogP contribution in [0.25, 0.3) is 0 Å². The summed E-state index contributed by atoms with van der Waals surface area (Å²) in [6.45, 7) is 21.2. The minimum Gasteiger partial charge on any atom is -0.414 e. The molecule has 0 spiro atoms. The van der Waals surface area contributed by atoms with Crippen molar-refractivity contribution in [3.8, 4) is 0 Å². The molecule has 1 saturated heterocycles. The highest BCUT2D eigenvalue weighted by Gasteiger charge is 2.47. The Labute approximate surface area is 143 Å². The Morgan fingerprint density at radius 3 is 2.35 bits per heavy atom. The summed E-state index contributed by atoms with van der Waals surface area (Å²) in [5, 5.41) is 10.4. The van der Waals surface area contributed by atoms with E-state index in [0.717, 1.165) is 0 Å². The topological polar surface area (TPSA) is 47.9 Å². The smallest absolute Gasteiger partial charge is 0.192 e. The van der Waals surface area contributed by atoms with E-state index in [-0.39, 0.29) is 23.2 Å². The van der Waals surface area contributed by atoms with E-state index in [1.54, 1.807) is 6.08 Å². The summed E-state index contributed by atoms with van der Waals surface area (Å²) < 4.78 is 18.4. The summed E-state index contributed by atoms with van der Waals surface area (Å²) in [4.78, 5) is 0. The first-order valence-corrected chi connectivity index (χ1v) is 11.5. The van der Waals surface area contributed by atoms with Gasteiger partial charge in [0.2, 0.25) is 0 Å². The summed E-state index contributed by atoms with van der Waals surface area (Å²) in [7, 11) is -1.84. The van der Waals surface area contributed by atoms with E-state index in [0.29, 0.717) is 13.0 Å². The first-order chi connectivity index (χ1) is 10.3. The van der Waals surface area contributed by atoms with Crippen molar-refractivity contribution in [2.75, 3.05) is 6.61 Å². The van der Waals surface area contributed by atoms with Gasteiger partial charge in [-0.25, -0.2) is 0 Å². The lowest BCUT2D eigenvalue weighted by Crippen LogP contribution is -2.45. The highest BCUT2D eigenvalue weighted by molar-refractivity contribution is 6.74. The molecule has 0 unspecified atom stereocenters. The van der Waals surface area contributed by atoms with E-state index < -0.39 is 20.2 Å². The van der Waals surface area contributed by atoms with Gasteiger partial charge in [0.05, 0.1) is 18.8 Å². The largest absolute Gasteiger partial charge is 0.414 e. The predicted molar refractivity (Wildman–Crippen MR) is 97.0 cm³/mol. The van der Waals surface area contributed by atoms with Crippen LogP contribution in [0.3, 0.4) is 0 Å². The molecule has 0 aromatic heterocycles. The van der Waals surface area contributed by atoms with Gasteiger partial charge in [-0.15, -0.1) is 6.58 Å². The van der Waals surface area contributed by atoms with Gasteiger partial charge in [0.1, 0.15) is 6.10 Å². The maximum Gasteiger partial charge on any atom is 0.192 e. The number of hydrogen-bond acceptors (Lipinski definition) is 4. The van der Waals surface area contributed by atoms with Gasteiger partial charge in [0.25, 0.3) is 0 Å². The Morgan fingerprint density at radius 2 is 1.87 bits per heavy atom. The average molecular weight is 345 g/mol. The highest BCUT2D eigenvalue weighted by Crippen LogP contribution is 2.39. The highest BCUT2D eigenvalue weighted by atomic mass is 28.4. The van der Waals surface area contributed by atoms with Crippen LogP contribution in [0, 0.1) is 5.92 Å². The molecule has 5 heteroatoms. The van der Waals surface area contributed by atoms with E-state index in [1.807, 2.05) is 20.8 Å². The van der Waals surface area contributed by atoms with Crippen molar-refractivity contribution < 1.29 is 19.0 Å². The molecule has 1 aliphatic heterocycles. The second kappa shape index (κ2) is 7.36. The number of ether oxygens (including phenoxy) is 2. The second-order valence-corrected chi connectivity index (χ2v) is 13.5. The third kappa shape index (κ3) is 5.39. The first kappa shape index (κ1) is 20.8. The van der Waals surface area contributed by atoms with Crippen LogP contribution in [0.15, 0.2) is 12.7 Å². The van der Waals surface area contributed by atoms with Gasteiger partial charge in [-0.2, -0.15) is 0 Å². The first-order valence-electron chi connectivity index (χ1n) is 8.59. The van der Waals surface area contributed by atoms with Crippen LogP contribution in [0.1, 0.15) is 48.0 Å². The maximum atomic E-state index is 10.3. The van der Waals surface area contributed by atoms with Crippen molar-refractivity contribution >= 4 is 8.32 Å². The van der Waals surface area contributed by atoms with Crippen molar-refractivity contribution in [1.29, 1.82) is 0 Å². The molecule has 1 heterocycles. The molecule has 1 N–H and O–H groups in total. The Kier molecular flexibility index (Phi) is 6.67. The fourth-order valence-electron chi connectivity index (χ4n) is 2.55.